The number of hydrogen-bond donors (Lipinski definition) is 2. The zero-order valence-electron chi connectivity index (χ0n) is 9.82. The lowest BCUT2D eigenvalue weighted by atomic mass is 9.90. The summed E-state index contributed by atoms with van der Waals surface area (Å²) < 4.78 is 2.01. The highest BCUT2D eigenvalue weighted by Crippen LogP contribution is 2.40. The van der Waals surface area contributed by atoms with E-state index in [4.69, 9.17) is 28.9 Å². The Morgan fingerprint density at radius 2 is 2.05 bits per heavy atom. The highest BCUT2D eigenvalue weighted by atomic mass is 79.9. The van der Waals surface area contributed by atoms with Crippen molar-refractivity contribution in [2.24, 2.45) is 5.73 Å². The summed E-state index contributed by atoms with van der Waals surface area (Å²) in [5.74, 6) is -0.222. The van der Waals surface area contributed by atoms with Gasteiger partial charge in [-0.15, -0.1) is 11.3 Å². The summed E-state index contributed by atoms with van der Waals surface area (Å²) in [6.07, 6.45) is -0.768. The zero-order chi connectivity index (χ0) is 14.0. The fourth-order valence-corrected chi connectivity index (χ4v) is 3.91. The first-order valence-corrected chi connectivity index (χ1v) is 7.97. The fourth-order valence-electron chi connectivity index (χ4n) is 1.96. The molecule has 2 rings (SSSR count). The van der Waals surface area contributed by atoms with E-state index < -0.39 is 6.10 Å². The van der Waals surface area contributed by atoms with E-state index in [1.54, 1.807) is 6.07 Å². The molecule has 0 amide bonds. The molecule has 0 radical (unpaired) electrons. The van der Waals surface area contributed by atoms with Crippen molar-refractivity contribution in [1.82, 2.24) is 0 Å². The van der Waals surface area contributed by atoms with Gasteiger partial charge in [0.25, 0.3) is 0 Å². The van der Waals surface area contributed by atoms with Gasteiger partial charge in [-0.25, -0.2) is 0 Å². The maximum atomic E-state index is 10.5. The van der Waals surface area contributed by atoms with Crippen LogP contribution in [0.25, 0.3) is 0 Å². The van der Waals surface area contributed by atoms with Crippen molar-refractivity contribution >= 4 is 50.5 Å². The van der Waals surface area contributed by atoms with Gasteiger partial charge in [-0.3, -0.25) is 0 Å². The highest BCUT2D eigenvalue weighted by Gasteiger charge is 2.25. The molecule has 0 fully saturated rings. The van der Waals surface area contributed by atoms with E-state index in [1.807, 2.05) is 24.3 Å². The maximum Gasteiger partial charge on any atom is 0.100 e. The van der Waals surface area contributed by atoms with Crippen LogP contribution in [0.3, 0.4) is 0 Å². The molecule has 2 atom stereocenters. The fraction of sp³-hybridized carbons (Fsp3) is 0.231. The molecule has 0 spiro atoms. The molecule has 1 aromatic carbocycles. The third-order valence-corrected chi connectivity index (χ3v) is 4.92. The molecule has 19 heavy (non-hydrogen) atoms. The standard InChI is InChI=1S/C13H12BrCl2NOS/c14-8-3-1-2-7(4-8)10(6-17)12(18)9-5-11(15)19-13(9)16/h1-5,10,12,18H,6,17H2. The summed E-state index contributed by atoms with van der Waals surface area (Å²) in [5, 5.41) is 10.5. The van der Waals surface area contributed by atoms with Crippen LogP contribution in [0.2, 0.25) is 8.67 Å². The lowest BCUT2D eigenvalue weighted by Gasteiger charge is -2.22. The van der Waals surface area contributed by atoms with Crippen molar-refractivity contribution in [3.8, 4) is 0 Å². The summed E-state index contributed by atoms with van der Waals surface area (Å²) in [5.41, 5.74) is 7.39. The van der Waals surface area contributed by atoms with Crippen LogP contribution in [-0.4, -0.2) is 11.7 Å². The number of aliphatic hydroxyl groups is 1. The van der Waals surface area contributed by atoms with Crippen molar-refractivity contribution in [3.63, 3.8) is 0 Å². The van der Waals surface area contributed by atoms with Crippen molar-refractivity contribution < 1.29 is 5.11 Å². The van der Waals surface area contributed by atoms with Crippen molar-refractivity contribution in [1.29, 1.82) is 0 Å². The summed E-state index contributed by atoms with van der Waals surface area (Å²) in [7, 11) is 0. The largest absolute Gasteiger partial charge is 0.388 e. The summed E-state index contributed by atoms with van der Waals surface area (Å²) in [4.78, 5) is 0. The molecule has 2 nitrogen and oxygen atoms in total. The smallest absolute Gasteiger partial charge is 0.100 e. The van der Waals surface area contributed by atoms with Gasteiger partial charge in [0.15, 0.2) is 0 Å². The van der Waals surface area contributed by atoms with E-state index in [2.05, 4.69) is 15.9 Å². The summed E-state index contributed by atoms with van der Waals surface area (Å²) >= 11 is 16.7. The third kappa shape index (κ3) is 3.51. The van der Waals surface area contributed by atoms with E-state index in [-0.39, 0.29) is 5.92 Å². The van der Waals surface area contributed by atoms with Gasteiger partial charge in [0.1, 0.15) is 4.34 Å². The van der Waals surface area contributed by atoms with Crippen LogP contribution in [-0.2, 0) is 0 Å². The topological polar surface area (TPSA) is 46.2 Å². The van der Waals surface area contributed by atoms with Gasteiger partial charge in [0, 0.05) is 22.5 Å². The number of aliphatic hydroxyl groups excluding tert-OH is 1. The predicted molar refractivity (Wildman–Crippen MR) is 85.2 cm³/mol. The van der Waals surface area contributed by atoms with Crippen LogP contribution in [0, 0.1) is 0 Å². The first kappa shape index (κ1) is 15.3. The number of halogens is 3. The molecule has 0 aliphatic rings. The maximum absolute atomic E-state index is 10.5. The second kappa shape index (κ2) is 6.57. The first-order chi connectivity index (χ1) is 9.02. The van der Waals surface area contributed by atoms with Gasteiger partial charge in [0.05, 0.1) is 10.4 Å². The van der Waals surface area contributed by atoms with E-state index >= 15 is 0 Å². The van der Waals surface area contributed by atoms with Crippen LogP contribution in [0.15, 0.2) is 34.8 Å². The van der Waals surface area contributed by atoms with E-state index in [1.165, 1.54) is 11.3 Å². The molecule has 0 saturated carbocycles. The molecular weight excluding hydrogens is 369 g/mol. The minimum atomic E-state index is -0.768. The van der Waals surface area contributed by atoms with E-state index in [0.29, 0.717) is 20.8 Å². The quantitative estimate of drug-likeness (QED) is 0.814. The number of benzene rings is 1. The third-order valence-electron chi connectivity index (χ3n) is 2.91. The first-order valence-electron chi connectivity index (χ1n) is 5.61. The number of nitrogens with two attached hydrogens (primary N) is 1. The lowest BCUT2D eigenvalue weighted by molar-refractivity contribution is 0.148. The lowest BCUT2D eigenvalue weighted by Crippen LogP contribution is -2.20. The normalized spacial score (nSPS) is 14.4. The Kier molecular flexibility index (Phi) is 5.29. The van der Waals surface area contributed by atoms with Gasteiger partial charge in [-0.2, -0.15) is 0 Å². The second-order valence-electron chi connectivity index (χ2n) is 4.12. The van der Waals surface area contributed by atoms with Crippen LogP contribution in [0.5, 0.6) is 0 Å². The number of rotatable bonds is 4. The average Bonchev–Trinajstić information content (AvgIpc) is 2.69. The van der Waals surface area contributed by atoms with Gasteiger partial charge in [-0.05, 0) is 23.8 Å². The monoisotopic (exact) mass is 379 g/mol. The molecule has 2 unspecified atom stereocenters. The molecule has 3 N–H and O–H groups in total. The van der Waals surface area contributed by atoms with Crippen LogP contribution < -0.4 is 5.73 Å². The molecule has 1 heterocycles. The molecule has 2 aromatic rings. The molecule has 102 valence electrons. The van der Waals surface area contributed by atoms with Crippen molar-refractivity contribution in [3.05, 3.63) is 54.6 Å². The Bertz CT molecular complexity index is 576. The molecule has 6 heteroatoms. The number of hydrogen-bond acceptors (Lipinski definition) is 3. The highest BCUT2D eigenvalue weighted by molar-refractivity contribution is 9.10. The van der Waals surface area contributed by atoms with Crippen molar-refractivity contribution in [2.75, 3.05) is 6.54 Å². The van der Waals surface area contributed by atoms with Gasteiger partial charge >= 0.3 is 0 Å². The predicted octanol–water partition coefficient (Wildman–Crippen LogP) is 4.59. The molecule has 0 saturated heterocycles. The van der Waals surface area contributed by atoms with E-state index in [9.17, 15) is 5.11 Å². The average molecular weight is 381 g/mol. The Morgan fingerprint density at radius 1 is 1.32 bits per heavy atom. The van der Waals surface area contributed by atoms with Gasteiger partial charge in [-0.1, -0.05) is 51.3 Å². The Morgan fingerprint density at radius 3 is 2.58 bits per heavy atom. The van der Waals surface area contributed by atoms with E-state index in [0.717, 1.165) is 10.0 Å². The molecule has 0 aliphatic heterocycles. The van der Waals surface area contributed by atoms with Gasteiger partial charge < -0.3 is 10.8 Å². The molecule has 0 bridgehead atoms. The minimum Gasteiger partial charge on any atom is -0.388 e. The molecular formula is C13H12BrCl2NOS. The Balaban J connectivity index is 2.34. The van der Waals surface area contributed by atoms with Crippen LogP contribution >= 0.6 is 50.5 Å². The van der Waals surface area contributed by atoms with Gasteiger partial charge in [0.2, 0.25) is 0 Å². The Labute approximate surface area is 134 Å². The van der Waals surface area contributed by atoms with Crippen LogP contribution in [0.1, 0.15) is 23.1 Å². The van der Waals surface area contributed by atoms with Crippen molar-refractivity contribution in [2.45, 2.75) is 12.0 Å². The zero-order valence-corrected chi connectivity index (χ0v) is 13.7. The SMILES string of the molecule is NCC(c1cccc(Br)c1)C(O)c1cc(Cl)sc1Cl. The summed E-state index contributed by atoms with van der Waals surface area (Å²) in [6.45, 7) is 0.321. The second-order valence-corrected chi connectivity index (χ2v) is 7.32. The Hall–Kier alpha value is -0.100. The minimum absolute atomic E-state index is 0.222. The van der Waals surface area contributed by atoms with Crippen LogP contribution in [0.4, 0.5) is 0 Å². The number of thiophene rings is 1. The summed E-state index contributed by atoms with van der Waals surface area (Å²) in [6, 6.07) is 9.42. The molecule has 1 aromatic heterocycles. The molecule has 0 aliphatic carbocycles.